The molecule has 112 valence electrons. The molecule has 3 nitrogen and oxygen atoms in total. The number of carbonyl (C=O) groups is 1. The van der Waals surface area contributed by atoms with Crippen molar-refractivity contribution in [2.75, 3.05) is 6.61 Å². The zero-order chi connectivity index (χ0) is 15.7. The lowest BCUT2D eigenvalue weighted by Gasteiger charge is -2.04. The number of aromatic amines is 1. The molecule has 0 saturated heterocycles. The van der Waals surface area contributed by atoms with Crippen molar-refractivity contribution in [2.45, 2.75) is 20.8 Å². The van der Waals surface area contributed by atoms with Crippen LogP contribution >= 0.6 is 0 Å². The number of H-pyrrole nitrogens is 1. The third-order valence-corrected chi connectivity index (χ3v) is 3.98. The number of hydrogen-bond donors (Lipinski definition) is 1. The molecule has 22 heavy (non-hydrogen) atoms. The Kier molecular flexibility index (Phi) is 3.72. The summed E-state index contributed by atoms with van der Waals surface area (Å²) in [6, 6.07) is 11.9. The van der Waals surface area contributed by atoms with Gasteiger partial charge in [0.05, 0.1) is 12.3 Å². The Balaban J connectivity index is 2.20. The molecule has 0 aliphatic heterocycles. The zero-order valence-electron chi connectivity index (χ0n) is 13.1. The summed E-state index contributed by atoms with van der Waals surface area (Å²) in [5.74, 6) is 0.836. The molecule has 3 aromatic rings. The van der Waals surface area contributed by atoms with E-state index < -0.39 is 0 Å². The Bertz CT molecular complexity index is 829. The predicted octanol–water partition coefficient (Wildman–Crippen LogP) is 4.66. The number of nitrogens with one attached hydrogen (secondary N) is 1. The topological polar surface area (TPSA) is 42.1 Å². The summed E-state index contributed by atoms with van der Waals surface area (Å²) in [6.45, 7) is 6.69. The fraction of sp³-hybridized carbons (Fsp3) is 0.211. The smallest absolute Gasteiger partial charge is 0.152 e. The number of ether oxygens (including phenoxy) is 1. The summed E-state index contributed by atoms with van der Waals surface area (Å²) in [5.41, 5.74) is 5.86. The highest BCUT2D eigenvalue weighted by atomic mass is 16.5. The Labute approximate surface area is 129 Å². The van der Waals surface area contributed by atoms with Crippen LogP contribution in [0.25, 0.3) is 22.2 Å². The van der Waals surface area contributed by atoms with Gasteiger partial charge in [-0.2, -0.15) is 0 Å². The minimum atomic E-state index is 0.643. The van der Waals surface area contributed by atoms with Gasteiger partial charge in [-0.05, 0) is 61.7 Å². The van der Waals surface area contributed by atoms with Crippen LogP contribution in [0.5, 0.6) is 5.75 Å². The average molecular weight is 293 g/mol. The van der Waals surface area contributed by atoms with Gasteiger partial charge in [0.1, 0.15) is 5.75 Å². The van der Waals surface area contributed by atoms with Gasteiger partial charge < -0.3 is 9.72 Å². The van der Waals surface area contributed by atoms with Crippen LogP contribution in [0.4, 0.5) is 0 Å². The molecule has 0 unspecified atom stereocenters. The summed E-state index contributed by atoms with van der Waals surface area (Å²) in [6.07, 6.45) is 0.942. The summed E-state index contributed by atoms with van der Waals surface area (Å²) >= 11 is 0. The first-order valence-electron chi connectivity index (χ1n) is 7.46. The monoisotopic (exact) mass is 293 g/mol. The first kappa shape index (κ1) is 14.4. The van der Waals surface area contributed by atoms with E-state index in [9.17, 15) is 4.79 Å². The molecule has 0 atom stereocenters. The van der Waals surface area contributed by atoms with Gasteiger partial charge in [0, 0.05) is 16.5 Å². The molecule has 1 N–H and O–H groups in total. The number of carbonyl (C=O) groups excluding carboxylic acids is 1. The average Bonchev–Trinajstić information content (AvgIpc) is 2.93. The van der Waals surface area contributed by atoms with Crippen LogP contribution in [0.1, 0.15) is 28.4 Å². The second kappa shape index (κ2) is 5.68. The number of hydrogen-bond acceptors (Lipinski definition) is 2. The number of benzene rings is 2. The molecule has 1 aromatic heterocycles. The molecular formula is C19H19NO2. The Morgan fingerprint density at radius 3 is 2.36 bits per heavy atom. The van der Waals surface area contributed by atoms with Gasteiger partial charge in [-0.3, -0.25) is 4.79 Å². The van der Waals surface area contributed by atoms with E-state index in [1.54, 1.807) is 0 Å². The molecule has 0 fully saturated rings. The van der Waals surface area contributed by atoms with Crippen LogP contribution in [0, 0.1) is 13.8 Å². The third kappa shape index (κ3) is 2.29. The van der Waals surface area contributed by atoms with Crippen molar-refractivity contribution >= 4 is 17.2 Å². The van der Waals surface area contributed by atoms with Crippen LogP contribution < -0.4 is 4.74 Å². The summed E-state index contributed by atoms with van der Waals surface area (Å²) in [5, 5.41) is 1.01. The fourth-order valence-electron chi connectivity index (χ4n) is 2.87. The van der Waals surface area contributed by atoms with E-state index in [0.29, 0.717) is 6.61 Å². The molecule has 0 spiro atoms. The Morgan fingerprint density at radius 2 is 1.73 bits per heavy atom. The molecule has 1 heterocycles. The molecule has 0 amide bonds. The van der Waals surface area contributed by atoms with Crippen molar-refractivity contribution in [2.24, 2.45) is 0 Å². The predicted molar refractivity (Wildman–Crippen MR) is 89.8 cm³/mol. The van der Waals surface area contributed by atoms with Gasteiger partial charge in [0.25, 0.3) is 0 Å². The van der Waals surface area contributed by atoms with Crippen LogP contribution in [-0.4, -0.2) is 17.9 Å². The van der Waals surface area contributed by atoms with E-state index >= 15 is 0 Å². The highest BCUT2D eigenvalue weighted by Crippen LogP contribution is 2.33. The lowest BCUT2D eigenvalue weighted by Crippen LogP contribution is -1.91. The fourth-order valence-corrected chi connectivity index (χ4v) is 2.87. The summed E-state index contributed by atoms with van der Waals surface area (Å²) in [4.78, 5) is 15.1. The molecule has 0 aliphatic carbocycles. The van der Waals surface area contributed by atoms with Crippen molar-refractivity contribution in [1.82, 2.24) is 4.98 Å². The molecule has 0 aliphatic rings. The van der Waals surface area contributed by atoms with Gasteiger partial charge >= 0.3 is 0 Å². The van der Waals surface area contributed by atoms with Crippen molar-refractivity contribution in [3.8, 4) is 17.0 Å². The second-order valence-electron chi connectivity index (χ2n) is 5.44. The van der Waals surface area contributed by atoms with Gasteiger partial charge in [0.2, 0.25) is 0 Å². The minimum Gasteiger partial charge on any atom is -0.494 e. The van der Waals surface area contributed by atoms with E-state index in [0.717, 1.165) is 50.9 Å². The largest absolute Gasteiger partial charge is 0.494 e. The minimum absolute atomic E-state index is 0.643. The quantitative estimate of drug-likeness (QED) is 0.711. The van der Waals surface area contributed by atoms with E-state index in [-0.39, 0.29) is 0 Å². The van der Waals surface area contributed by atoms with Crippen molar-refractivity contribution in [1.29, 1.82) is 0 Å². The van der Waals surface area contributed by atoms with E-state index in [4.69, 9.17) is 4.74 Å². The molecule has 3 rings (SSSR count). The van der Waals surface area contributed by atoms with Gasteiger partial charge in [0.15, 0.2) is 6.29 Å². The number of rotatable bonds is 4. The first-order chi connectivity index (χ1) is 10.7. The SMILES string of the molecule is CCOc1ccc(-c2[nH]c3c(C)ccc(C)c3c2C=O)cc1. The van der Waals surface area contributed by atoms with Gasteiger partial charge in [-0.15, -0.1) is 0 Å². The van der Waals surface area contributed by atoms with E-state index in [1.807, 2.05) is 38.1 Å². The molecule has 0 radical (unpaired) electrons. The number of aromatic nitrogens is 1. The molecular weight excluding hydrogens is 274 g/mol. The maximum atomic E-state index is 11.7. The normalized spacial score (nSPS) is 10.9. The number of aryl methyl sites for hydroxylation is 2. The van der Waals surface area contributed by atoms with Crippen LogP contribution in [0.2, 0.25) is 0 Å². The highest BCUT2D eigenvalue weighted by Gasteiger charge is 2.15. The van der Waals surface area contributed by atoms with Crippen molar-refractivity contribution < 1.29 is 9.53 Å². The summed E-state index contributed by atoms with van der Waals surface area (Å²) in [7, 11) is 0. The highest BCUT2D eigenvalue weighted by molar-refractivity contribution is 6.06. The van der Waals surface area contributed by atoms with Crippen LogP contribution in [0.15, 0.2) is 36.4 Å². The lowest BCUT2D eigenvalue weighted by molar-refractivity contribution is 0.112. The zero-order valence-corrected chi connectivity index (χ0v) is 13.1. The molecule has 0 saturated carbocycles. The van der Waals surface area contributed by atoms with Gasteiger partial charge in [-0.1, -0.05) is 12.1 Å². The van der Waals surface area contributed by atoms with Crippen molar-refractivity contribution in [3.63, 3.8) is 0 Å². The Morgan fingerprint density at radius 1 is 1.05 bits per heavy atom. The second-order valence-corrected chi connectivity index (χ2v) is 5.44. The van der Waals surface area contributed by atoms with E-state index in [1.165, 1.54) is 0 Å². The van der Waals surface area contributed by atoms with Crippen molar-refractivity contribution in [3.05, 3.63) is 53.1 Å². The standard InChI is InChI=1S/C19H19NO2/c1-4-22-15-9-7-14(8-10-15)19-16(11-21)17-12(2)5-6-13(3)18(17)20-19/h5-11,20H,4H2,1-3H3. The van der Waals surface area contributed by atoms with E-state index in [2.05, 4.69) is 24.0 Å². The summed E-state index contributed by atoms with van der Waals surface area (Å²) < 4.78 is 5.47. The molecule has 2 aromatic carbocycles. The maximum Gasteiger partial charge on any atom is 0.152 e. The molecule has 3 heteroatoms. The lowest BCUT2D eigenvalue weighted by atomic mass is 10.0. The Hall–Kier alpha value is -2.55. The number of fused-ring (bicyclic) bond motifs is 1. The number of aldehydes is 1. The third-order valence-electron chi connectivity index (χ3n) is 3.98. The van der Waals surface area contributed by atoms with Crippen LogP contribution in [-0.2, 0) is 0 Å². The maximum absolute atomic E-state index is 11.7. The first-order valence-corrected chi connectivity index (χ1v) is 7.46. The molecule has 0 bridgehead atoms. The van der Waals surface area contributed by atoms with Crippen LogP contribution in [0.3, 0.4) is 0 Å². The van der Waals surface area contributed by atoms with Gasteiger partial charge in [-0.25, -0.2) is 0 Å².